The van der Waals surface area contributed by atoms with Gasteiger partial charge < -0.3 is 0 Å². The molecule has 17 heavy (non-hydrogen) atoms. The summed E-state index contributed by atoms with van der Waals surface area (Å²) in [5.74, 6) is 0. The summed E-state index contributed by atoms with van der Waals surface area (Å²) >= 11 is 0. The smallest absolute Gasteiger partial charge is 0.111 e. The maximum Gasteiger partial charge on any atom is 0.111 e. The molecule has 2 aromatic rings. The lowest BCUT2D eigenvalue weighted by molar-refractivity contribution is 1.18. The van der Waals surface area contributed by atoms with Crippen molar-refractivity contribution in [3.05, 3.63) is 69.6 Å². The van der Waals surface area contributed by atoms with E-state index in [0.29, 0.717) is 5.69 Å². The monoisotopic (exact) mass is 225 g/mol. The summed E-state index contributed by atoms with van der Waals surface area (Å²) < 4.78 is 0. The predicted octanol–water partition coefficient (Wildman–Crippen LogP) is 4.29. The van der Waals surface area contributed by atoms with Gasteiger partial charge in [-0.3, -0.25) is 0 Å². The molecule has 0 saturated carbocycles. The van der Waals surface area contributed by atoms with Crippen molar-refractivity contribution in [2.24, 2.45) is 5.18 Å². The average molecular weight is 225 g/mol. The van der Waals surface area contributed by atoms with Gasteiger partial charge in [0.05, 0.1) is 0 Å². The fourth-order valence-corrected chi connectivity index (χ4v) is 1.80. The molecule has 0 radical (unpaired) electrons. The summed E-state index contributed by atoms with van der Waals surface area (Å²) in [5.41, 5.74) is 5.08. The highest BCUT2D eigenvalue weighted by Crippen LogP contribution is 2.21. The van der Waals surface area contributed by atoms with E-state index in [-0.39, 0.29) is 0 Å². The van der Waals surface area contributed by atoms with Crippen LogP contribution in [-0.2, 0) is 6.42 Å². The van der Waals surface area contributed by atoms with Gasteiger partial charge in [0.15, 0.2) is 0 Å². The van der Waals surface area contributed by atoms with Crippen LogP contribution in [0.1, 0.15) is 22.3 Å². The molecular formula is C15H15NO. The van der Waals surface area contributed by atoms with E-state index >= 15 is 0 Å². The van der Waals surface area contributed by atoms with E-state index in [4.69, 9.17) is 0 Å². The number of hydrogen-bond acceptors (Lipinski definition) is 2. The van der Waals surface area contributed by atoms with Crippen molar-refractivity contribution in [1.82, 2.24) is 0 Å². The molecule has 0 aliphatic heterocycles. The Hall–Kier alpha value is -1.96. The van der Waals surface area contributed by atoms with E-state index in [1.165, 1.54) is 11.1 Å². The minimum atomic E-state index is 0.537. The predicted molar refractivity (Wildman–Crippen MR) is 70.6 cm³/mol. The molecule has 2 nitrogen and oxygen atoms in total. The van der Waals surface area contributed by atoms with Crippen LogP contribution in [0.5, 0.6) is 0 Å². The van der Waals surface area contributed by atoms with Gasteiger partial charge in [-0.1, -0.05) is 42.0 Å². The Morgan fingerprint density at radius 3 is 2.24 bits per heavy atom. The van der Waals surface area contributed by atoms with Crippen molar-refractivity contribution in [3.63, 3.8) is 0 Å². The topological polar surface area (TPSA) is 29.4 Å². The maximum atomic E-state index is 10.6. The largest absolute Gasteiger partial charge is 0.145 e. The van der Waals surface area contributed by atoms with Gasteiger partial charge in [-0.15, -0.1) is 4.91 Å². The molecule has 2 heteroatoms. The molecule has 0 N–H and O–H groups in total. The lowest BCUT2D eigenvalue weighted by Gasteiger charge is -2.04. The molecule has 0 unspecified atom stereocenters. The molecule has 0 aliphatic rings. The van der Waals surface area contributed by atoms with Gasteiger partial charge in [-0.05, 0) is 48.2 Å². The fraction of sp³-hybridized carbons (Fsp3) is 0.200. The molecular weight excluding hydrogens is 210 g/mol. The van der Waals surface area contributed by atoms with Crippen LogP contribution in [-0.4, -0.2) is 0 Å². The first-order valence-corrected chi connectivity index (χ1v) is 5.67. The fourth-order valence-electron chi connectivity index (χ4n) is 1.80. The van der Waals surface area contributed by atoms with Crippen molar-refractivity contribution in [2.75, 3.05) is 0 Å². The van der Waals surface area contributed by atoms with Crippen LogP contribution in [0.4, 0.5) is 5.69 Å². The first-order chi connectivity index (χ1) is 8.19. The molecule has 0 aliphatic carbocycles. The van der Waals surface area contributed by atoms with Crippen molar-refractivity contribution in [1.29, 1.82) is 0 Å². The number of rotatable bonds is 3. The Balaban J connectivity index is 2.24. The van der Waals surface area contributed by atoms with Gasteiger partial charge >= 0.3 is 0 Å². The van der Waals surface area contributed by atoms with E-state index in [2.05, 4.69) is 36.4 Å². The molecule has 0 fully saturated rings. The van der Waals surface area contributed by atoms with E-state index < -0.39 is 0 Å². The van der Waals surface area contributed by atoms with Crippen LogP contribution in [0, 0.1) is 18.8 Å². The maximum absolute atomic E-state index is 10.6. The minimum Gasteiger partial charge on any atom is -0.145 e. The van der Waals surface area contributed by atoms with Gasteiger partial charge in [-0.25, -0.2) is 0 Å². The third kappa shape index (κ3) is 2.78. The second kappa shape index (κ2) is 4.91. The molecule has 0 saturated heterocycles. The standard InChI is InChI=1S/C15H15NO/c1-11-3-6-13(7-4-11)9-14-8-5-12(2)15(10-14)16-17/h3-8,10H,9H2,1-2H3. The van der Waals surface area contributed by atoms with Crippen LogP contribution in [0.2, 0.25) is 0 Å². The summed E-state index contributed by atoms with van der Waals surface area (Å²) in [7, 11) is 0. The highest BCUT2D eigenvalue weighted by atomic mass is 16.3. The number of aryl methyl sites for hydroxylation is 2. The Morgan fingerprint density at radius 1 is 0.941 bits per heavy atom. The van der Waals surface area contributed by atoms with E-state index in [9.17, 15) is 4.91 Å². The van der Waals surface area contributed by atoms with Gasteiger partial charge in [0, 0.05) is 0 Å². The van der Waals surface area contributed by atoms with E-state index in [0.717, 1.165) is 17.5 Å². The second-order valence-electron chi connectivity index (χ2n) is 4.37. The number of hydrogen-bond donors (Lipinski definition) is 0. The molecule has 2 rings (SSSR count). The quantitative estimate of drug-likeness (QED) is 0.716. The zero-order chi connectivity index (χ0) is 12.3. The summed E-state index contributed by atoms with van der Waals surface area (Å²) in [6, 6.07) is 14.3. The van der Waals surface area contributed by atoms with E-state index in [1.807, 2.05) is 25.1 Å². The van der Waals surface area contributed by atoms with Crippen LogP contribution < -0.4 is 0 Å². The molecule has 0 spiro atoms. The summed E-state index contributed by atoms with van der Waals surface area (Å²) in [6.07, 6.45) is 0.836. The normalized spacial score (nSPS) is 10.2. The molecule has 0 aromatic heterocycles. The molecule has 2 aromatic carbocycles. The van der Waals surface area contributed by atoms with Gasteiger partial charge in [-0.2, -0.15) is 0 Å². The summed E-state index contributed by atoms with van der Waals surface area (Å²) in [6.45, 7) is 3.97. The molecule has 86 valence electrons. The van der Waals surface area contributed by atoms with Crippen LogP contribution in [0.3, 0.4) is 0 Å². The summed E-state index contributed by atoms with van der Waals surface area (Å²) in [5, 5.41) is 3.04. The second-order valence-corrected chi connectivity index (χ2v) is 4.37. The van der Waals surface area contributed by atoms with Gasteiger partial charge in [0.25, 0.3) is 0 Å². The Labute approximate surface area is 101 Å². The van der Waals surface area contributed by atoms with Crippen LogP contribution in [0.25, 0.3) is 0 Å². The highest BCUT2D eigenvalue weighted by molar-refractivity contribution is 5.48. The van der Waals surface area contributed by atoms with Crippen molar-refractivity contribution >= 4 is 5.69 Å². The van der Waals surface area contributed by atoms with Crippen LogP contribution in [0.15, 0.2) is 47.6 Å². The third-order valence-electron chi connectivity index (χ3n) is 2.90. The summed E-state index contributed by atoms with van der Waals surface area (Å²) in [4.78, 5) is 10.6. The zero-order valence-electron chi connectivity index (χ0n) is 10.1. The first-order valence-electron chi connectivity index (χ1n) is 5.67. The van der Waals surface area contributed by atoms with Crippen LogP contribution >= 0.6 is 0 Å². The number of nitroso groups, excluding NO2 is 1. The highest BCUT2D eigenvalue weighted by Gasteiger charge is 2.01. The molecule has 0 amide bonds. The molecule has 0 bridgehead atoms. The first kappa shape index (κ1) is 11.5. The Kier molecular flexibility index (Phi) is 3.33. The van der Waals surface area contributed by atoms with Crippen molar-refractivity contribution in [2.45, 2.75) is 20.3 Å². The Bertz CT molecular complexity index is 529. The number of benzene rings is 2. The van der Waals surface area contributed by atoms with Crippen molar-refractivity contribution < 1.29 is 0 Å². The number of nitrogens with zero attached hydrogens (tertiary/aromatic N) is 1. The minimum absolute atomic E-state index is 0.537. The zero-order valence-corrected chi connectivity index (χ0v) is 10.1. The van der Waals surface area contributed by atoms with Gasteiger partial charge in [0.2, 0.25) is 0 Å². The average Bonchev–Trinajstić information content (AvgIpc) is 2.34. The SMILES string of the molecule is Cc1ccc(Cc2ccc(C)c(N=O)c2)cc1. The van der Waals surface area contributed by atoms with E-state index in [1.54, 1.807) is 0 Å². The third-order valence-corrected chi connectivity index (χ3v) is 2.90. The lowest BCUT2D eigenvalue weighted by Crippen LogP contribution is -1.88. The molecule has 0 atom stereocenters. The molecule has 0 heterocycles. The lowest BCUT2D eigenvalue weighted by atomic mass is 10.0. The van der Waals surface area contributed by atoms with Crippen molar-refractivity contribution in [3.8, 4) is 0 Å². The Morgan fingerprint density at radius 2 is 1.59 bits per heavy atom. The van der Waals surface area contributed by atoms with Gasteiger partial charge in [0.1, 0.15) is 5.69 Å².